The van der Waals surface area contributed by atoms with Gasteiger partial charge >= 0.3 is 0 Å². The monoisotopic (exact) mass is 368 g/mol. The first-order valence-electron chi connectivity index (χ1n) is 8.48. The molecule has 0 aliphatic carbocycles. The van der Waals surface area contributed by atoms with Crippen LogP contribution in [0.4, 0.5) is 5.69 Å². The summed E-state index contributed by atoms with van der Waals surface area (Å²) < 4.78 is 10.6. The molecule has 2 rings (SSSR count). The zero-order valence-corrected chi connectivity index (χ0v) is 15.5. The van der Waals surface area contributed by atoms with Crippen molar-refractivity contribution in [3.05, 3.63) is 54.1 Å². The van der Waals surface area contributed by atoms with E-state index in [0.717, 1.165) is 5.56 Å². The topological polar surface area (TPSA) is 98.5 Å². The third kappa shape index (κ3) is 5.31. The first kappa shape index (κ1) is 20.0. The van der Waals surface area contributed by atoms with Crippen molar-refractivity contribution in [2.45, 2.75) is 12.8 Å². The fourth-order valence-corrected chi connectivity index (χ4v) is 2.66. The minimum atomic E-state index is 0.00635. The Hall–Kier alpha value is -3.35. The molecule has 27 heavy (non-hydrogen) atoms. The molecule has 7 nitrogen and oxygen atoms in total. The summed E-state index contributed by atoms with van der Waals surface area (Å²) >= 11 is 0. The van der Waals surface area contributed by atoms with Crippen LogP contribution in [0.3, 0.4) is 0 Å². The highest BCUT2D eigenvalue weighted by atomic mass is 16.5. The van der Waals surface area contributed by atoms with Crippen LogP contribution in [-0.2, 0) is 11.2 Å². The summed E-state index contributed by atoms with van der Waals surface area (Å²) in [6.07, 6.45) is 1.64. The van der Waals surface area contributed by atoms with Crippen LogP contribution in [-0.4, -0.2) is 38.8 Å². The largest absolute Gasteiger partial charge is 0.497 e. The number of carbonyl (C=O) groups excluding carboxylic acids is 1. The van der Waals surface area contributed by atoms with Crippen molar-refractivity contribution >= 4 is 23.8 Å². The molecule has 0 aliphatic rings. The number of rotatable bonds is 9. The van der Waals surface area contributed by atoms with Crippen LogP contribution in [0, 0.1) is 10.8 Å². The molecule has 0 saturated heterocycles. The quantitative estimate of drug-likeness (QED) is 0.360. The normalized spacial score (nSPS) is 10.0. The highest BCUT2D eigenvalue weighted by Crippen LogP contribution is 2.33. The van der Waals surface area contributed by atoms with Gasteiger partial charge < -0.3 is 14.8 Å². The summed E-state index contributed by atoms with van der Waals surface area (Å²) in [4.78, 5) is 12.1. The summed E-state index contributed by atoms with van der Waals surface area (Å²) in [5.41, 5.74) is 1.66. The molecule has 0 aromatic heterocycles. The van der Waals surface area contributed by atoms with Crippen molar-refractivity contribution in [1.29, 1.82) is 10.8 Å². The second-order valence-corrected chi connectivity index (χ2v) is 5.75. The smallest absolute Gasteiger partial charge is 0.207 e. The van der Waals surface area contributed by atoms with Crippen LogP contribution < -0.4 is 19.7 Å². The Balaban J connectivity index is 2.29. The van der Waals surface area contributed by atoms with Crippen LogP contribution in [0.5, 0.6) is 11.5 Å². The lowest BCUT2D eigenvalue weighted by Gasteiger charge is -2.27. The van der Waals surface area contributed by atoms with Gasteiger partial charge in [0.15, 0.2) is 0 Å². The number of hydrogen-bond donors (Lipinski definition) is 3. The third-order valence-electron chi connectivity index (χ3n) is 4.01. The van der Waals surface area contributed by atoms with E-state index < -0.39 is 0 Å². The predicted molar refractivity (Wildman–Crippen MR) is 106 cm³/mol. The van der Waals surface area contributed by atoms with E-state index in [2.05, 4.69) is 5.32 Å². The molecule has 0 spiro atoms. The summed E-state index contributed by atoms with van der Waals surface area (Å²) in [6.45, 7) is 0.00635. The Morgan fingerprint density at radius 1 is 1.07 bits per heavy atom. The molecular weight excluding hydrogens is 344 g/mol. The number of ether oxygens (including phenoxy) is 2. The van der Waals surface area contributed by atoms with Crippen molar-refractivity contribution in [2.75, 3.05) is 25.7 Å². The van der Waals surface area contributed by atoms with Gasteiger partial charge in [0.2, 0.25) is 6.41 Å². The Kier molecular flexibility index (Phi) is 7.37. The molecule has 0 bridgehead atoms. The van der Waals surface area contributed by atoms with E-state index >= 15 is 0 Å². The number of methoxy groups -OCH3 is 2. The number of nitrogens with one attached hydrogen (secondary N) is 3. The molecule has 2 aromatic rings. The first-order valence-corrected chi connectivity index (χ1v) is 8.48. The molecule has 3 N–H and O–H groups in total. The van der Waals surface area contributed by atoms with Gasteiger partial charge in [0.25, 0.3) is 0 Å². The second kappa shape index (κ2) is 9.96. The van der Waals surface area contributed by atoms with Crippen molar-refractivity contribution in [1.82, 2.24) is 5.32 Å². The predicted octanol–water partition coefficient (Wildman–Crippen LogP) is 2.84. The first-order chi connectivity index (χ1) is 13.1. The van der Waals surface area contributed by atoms with Gasteiger partial charge in [0, 0.05) is 12.5 Å². The van der Waals surface area contributed by atoms with Gasteiger partial charge in [0.1, 0.15) is 23.2 Å². The summed E-state index contributed by atoms with van der Waals surface area (Å²) in [5.74, 6) is 1.40. The summed E-state index contributed by atoms with van der Waals surface area (Å²) in [7, 11) is 3.08. The van der Waals surface area contributed by atoms with Crippen molar-refractivity contribution in [3.63, 3.8) is 0 Å². The maximum absolute atomic E-state index is 10.6. The van der Waals surface area contributed by atoms with Gasteiger partial charge in [-0.3, -0.25) is 20.5 Å². The Morgan fingerprint density at radius 3 is 2.44 bits per heavy atom. The lowest BCUT2D eigenvalue weighted by Crippen LogP contribution is -2.41. The fraction of sp³-hybridized carbons (Fsp3) is 0.250. The highest BCUT2D eigenvalue weighted by Gasteiger charge is 2.21. The average Bonchev–Trinajstić information content (AvgIpc) is 2.71. The van der Waals surface area contributed by atoms with Crippen molar-refractivity contribution in [2.24, 2.45) is 0 Å². The Labute approximate surface area is 158 Å². The maximum atomic E-state index is 10.6. The number of hydrogen-bond acceptors (Lipinski definition) is 5. The summed E-state index contributed by atoms with van der Waals surface area (Å²) in [5, 5.41) is 19.4. The Bertz CT molecular complexity index is 793. The van der Waals surface area contributed by atoms with Crippen LogP contribution in [0.2, 0.25) is 0 Å². The molecule has 0 atom stereocenters. The summed E-state index contributed by atoms with van der Waals surface area (Å²) in [6, 6.07) is 15.1. The molecule has 0 unspecified atom stereocenters. The van der Waals surface area contributed by atoms with Crippen molar-refractivity contribution in [3.8, 4) is 11.5 Å². The maximum Gasteiger partial charge on any atom is 0.207 e. The third-order valence-corrected chi connectivity index (χ3v) is 4.01. The number of amides is 1. The number of nitrogens with zero attached hydrogens (tertiary/aromatic N) is 1. The molecule has 0 radical (unpaired) electrons. The van der Waals surface area contributed by atoms with Gasteiger partial charge in [0.05, 0.1) is 26.5 Å². The number of anilines is 1. The minimum Gasteiger partial charge on any atom is -0.497 e. The van der Waals surface area contributed by atoms with Crippen LogP contribution in [0.25, 0.3) is 0 Å². The fourth-order valence-electron chi connectivity index (χ4n) is 2.66. The van der Waals surface area contributed by atoms with Gasteiger partial charge in [-0.15, -0.1) is 0 Å². The van der Waals surface area contributed by atoms with Crippen LogP contribution in [0.1, 0.15) is 12.0 Å². The van der Waals surface area contributed by atoms with Gasteiger partial charge in [-0.2, -0.15) is 0 Å². The van der Waals surface area contributed by atoms with E-state index in [1.165, 1.54) is 12.0 Å². The zero-order valence-electron chi connectivity index (χ0n) is 15.5. The van der Waals surface area contributed by atoms with E-state index in [4.69, 9.17) is 20.3 Å². The van der Waals surface area contributed by atoms with E-state index in [1.807, 2.05) is 30.3 Å². The molecule has 0 fully saturated rings. The number of carbonyl (C=O) groups is 1. The van der Waals surface area contributed by atoms with Gasteiger partial charge in [-0.1, -0.05) is 30.3 Å². The molecule has 0 heterocycles. The molecular formula is C20H24N4O3. The van der Waals surface area contributed by atoms with Gasteiger partial charge in [-0.25, -0.2) is 0 Å². The SMILES string of the molecule is COc1ccc(N(C(=N)CCc2ccccc2)C(=N)CNC=O)c(OC)c1. The van der Waals surface area contributed by atoms with Gasteiger partial charge in [-0.05, 0) is 24.1 Å². The highest BCUT2D eigenvalue weighted by molar-refractivity contribution is 6.18. The van der Waals surface area contributed by atoms with Crippen molar-refractivity contribution < 1.29 is 14.3 Å². The Morgan fingerprint density at radius 2 is 1.81 bits per heavy atom. The van der Waals surface area contributed by atoms with E-state index in [-0.39, 0.29) is 18.2 Å². The average molecular weight is 368 g/mol. The van der Waals surface area contributed by atoms with Crippen LogP contribution in [0.15, 0.2) is 48.5 Å². The molecule has 1 amide bonds. The number of benzene rings is 2. The number of amidine groups is 2. The van der Waals surface area contributed by atoms with Crippen LogP contribution >= 0.6 is 0 Å². The molecule has 0 aliphatic heterocycles. The minimum absolute atomic E-state index is 0.00635. The standard InChI is InChI=1S/C20H24N4O3/c1-26-16-9-10-17(18(12-16)27-2)24(20(22)13-23-14-25)19(21)11-8-15-6-4-3-5-7-15/h3-7,9-10,12,14,21-22H,8,11,13H2,1-2H3,(H,23,25). The second-order valence-electron chi connectivity index (χ2n) is 5.75. The molecule has 142 valence electrons. The lowest BCUT2D eigenvalue weighted by molar-refractivity contribution is -0.109. The molecule has 2 aromatic carbocycles. The van der Waals surface area contributed by atoms with E-state index in [1.54, 1.807) is 25.3 Å². The number of aryl methyl sites for hydroxylation is 1. The molecule has 0 saturated carbocycles. The lowest BCUT2D eigenvalue weighted by atomic mass is 10.1. The van der Waals surface area contributed by atoms with E-state index in [0.29, 0.717) is 36.4 Å². The van der Waals surface area contributed by atoms with E-state index in [9.17, 15) is 4.79 Å². The molecule has 7 heteroatoms. The zero-order chi connectivity index (χ0) is 19.6.